The molecule has 1 unspecified atom stereocenters. The molecule has 44 valence electrons. The lowest BCUT2D eigenvalue weighted by Gasteiger charge is -1.94. The van der Waals surface area contributed by atoms with Gasteiger partial charge in [-0.15, -0.1) is 11.6 Å². The highest BCUT2D eigenvalue weighted by Gasteiger charge is 1.97. The highest BCUT2D eigenvalue weighted by atomic mass is 35.5. The van der Waals surface area contributed by atoms with E-state index in [1.54, 1.807) is 0 Å². The van der Waals surface area contributed by atoms with Crippen molar-refractivity contribution < 1.29 is 0 Å². The molecule has 1 aromatic heterocycles. The Balaban J connectivity index is 2.77. The van der Waals surface area contributed by atoms with Crippen molar-refractivity contribution in [1.29, 1.82) is 0 Å². The van der Waals surface area contributed by atoms with E-state index in [0.717, 1.165) is 5.69 Å². The van der Waals surface area contributed by atoms with E-state index in [-0.39, 0.29) is 5.38 Å². The van der Waals surface area contributed by atoms with E-state index in [0.29, 0.717) is 0 Å². The molecular formula is C6H8ClN. The van der Waals surface area contributed by atoms with Crippen molar-refractivity contribution in [2.75, 3.05) is 0 Å². The maximum absolute atomic E-state index is 5.71. The molecule has 1 heterocycles. The molecule has 1 N–H and O–H groups in total. The molecule has 1 aromatic rings. The fourth-order valence-corrected chi connectivity index (χ4v) is 0.727. The molecule has 8 heavy (non-hydrogen) atoms. The molecular weight excluding hydrogens is 122 g/mol. The first-order chi connectivity index (χ1) is 3.80. The number of halogens is 1. The predicted molar refractivity (Wildman–Crippen MR) is 35.1 cm³/mol. The van der Waals surface area contributed by atoms with Crippen molar-refractivity contribution in [3.63, 3.8) is 0 Å². The Kier molecular flexibility index (Phi) is 1.59. The molecule has 0 saturated heterocycles. The van der Waals surface area contributed by atoms with E-state index < -0.39 is 0 Å². The van der Waals surface area contributed by atoms with Crippen molar-refractivity contribution in [3.05, 3.63) is 24.0 Å². The number of nitrogens with one attached hydrogen (secondary N) is 1. The van der Waals surface area contributed by atoms with Gasteiger partial charge >= 0.3 is 0 Å². The number of H-pyrrole nitrogens is 1. The Morgan fingerprint density at radius 3 is 2.75 bits per heavy atom. The van der Waals surface area contributed by atoms with E-state index in [4.69, 9.17) is 11.6 Å². The molecule has 0 aliphatic rings. The van der Waals surface area contributed by atoms with Crippen LogP contribution in [0.1, 0.15) is 18.0 Å². The van der Waals surface area contributed by atoms with Gasteiger partial charge in [-0.1, -0.05) is 0 Å². The zero-order chi connectivity index (χ0) is 5.98. The summed E-state index contributed by atoms with van der Waals surface area (Å²) in [7, 11) is 0. The van der Waals surface area contributed by atoms with Crippen molar-refractivity contribution >= 4 is 11.6 Å². The highest BCUT2D eigenvalue weighted by Crippen LogP contribution is 2.15. The molecule has 0 radical (unpaired) electrons. The van der Waals surface area contributed by atoms with E-state index in [2.05, 4.69) is 4.98 Å². The van der Waals surface area contributed by atoms with Gasteiger partial charge in [-0.2, -0.15) is 0 Å². The van der Waals surface area contributed by atoms with Gasteiger partial charge < -0.3 is 4.98 Å². The number of hydrogen-bond donors (Lipinski definition) is 1. The van der Waals surface area contributed by atoms with Gasteiger partial charge in [-0.3, -0.25) is 0 Å². The summed E-state index contributed by atoms with van der Waals surface area (Å²) >= 11 is 5.71. The number of aromatic nitrogens is 1. The molecule has 0 aliphatic carbocycles. The smallest absolute Gasteiger partial charge is 0.0707 e. The molecule has 2 heteroatoms. The number of alkyl halides is 1. The fourth-order valence-electron chi connectivity index (χ4n) is 0.592. The average molecular weight is 130 g/mol. The zero-order valence-corrected chi connectivity index (χ0v) is 5.44. The SMILES string of the molecule is CC(Cl)c1ccc[nH]1. The Morgan fingerprint density at radius 2 is 2.50 bits per heavy atom. The second-order valence-electron chi connectivity index (χ2n) is 1.74. The second kappa shape index (κ2) is 2.23. The summed E-state index contributed by atoms with van der Waals surface area (Å²) < 4.78 is 0. The maximum atomic E-state index is 5.71. The lowest BCUT2D eigenvalue weighted by Crippen LogP contribution is -1.80. The second-order valence-corrected chi connectivity index (χ2v) is 2.40. The van der Waals surface area contributed by atoms with E-state index >= 15 is 0 Å². The minimum absolute atomic E-state index is 0.102. The van der Waals surface area contributed by atoms with E-state index in [9.17, 15) is 0 Å². The summed E-state index contributed by atoms with van der Waals surface area (Å²) in [6.45, 7) is 1.94. The number of aromatic amines is 1. The Hall–Kier alpha value is -0.430. The Bertz CT molecular complexity index is 144. The van der Waals surface area contributed by atoms with Crippen LogP contribution in [0.3, 0.4) is 0 Å². The van der Waals surface area contributed by atoms with Gasteiger partial charge in [0.25, 0.3) is 0 Å². The van der Waals surface area contributed by atoms with Gasteiger partial charge in [0, 0.05) is 11.9 Å². The van der Waals surface area contributed by atoms with E-state index in [1.165, 1.54) is 0 Å². The van der Waals surface area contributed by atoms with Crippen molar-refractivity contribution in [2.24, 2.45) is 0 Å². The van der Waals surface area contributed by atoms with Crippen LogP contribution in [-0.4, -0.2) is 4.98 Å². The lowest BCUT2D eigenvalue weighted by atomic mass is 10.3. The molecule has 0 saturated carbocycles. The Labute approximate surface area is 53.7 Å². The minimum Gasteiger partial charge on any atom is -0.364 e. The van der Waals surface area contributed by atoms with Crippen LogP contribution in [-0.2, 0) is 0 Å². The topological polar surface area (TPSA) is 15.8 Å². The largest absolute Gasteiger partial charge is 0.364 e. The molecule has 0 bridgehead atoms. The maximum Gasteiger partial charge on any atom is 0.0707 e. The molecule has 0 aromatic carbocycles. The van der Waals surface area contributed by atoms with Crippen LogP contribution in [0.25, 0.3) is 0 Å². The van der Waals surface area contributed by atoms with Crippen LogP contribution in [0.5, 0.6) is 0 Å². The highest BCUT2D eigenvalue weighted by molar-refractivity contribution is 6.20. The quantitative estimate of drug-likeness (QED) is 0.560. The first kappa shape index (κ1) is 5.70. The fraction of sp³-hybridized carbons (Fsp3) is 0.333. The van der Waals surface area contributed by atoms with Gasteiger partial charge in [-0.25, -0.2) is 0 Å². The summed E-state index contributed by atoms with van der Waals surface area (Å²) in [6.07, 6.45) is 1.87. The van der Waals surface area contributed by atoms with Crippen LogP contribution in [0.2, 0.25) is 0 Å². The Morgan fingerprint density at radius 1 is 1.75 bits per heavy atom. The molecule has 0 spiro atoms. The summed E-state index contributed by atoms with van der Waals surface area (Å²) in [5, 5.41) is 0.102. The van der Waals surface area contributed by atoms with E-state index in [1.807, 2.05) is 25.3 Å². The van der Waals surface area contributed by atoms with Gasteiger partial charge in [0.05, 0.1) is 5.38 Å². The van der Waals surface area contributed by atoms with Crippen LogP contribution >= 0.6 is 11.6 Å². The summed E-state index contributed by atoms with van der Waals surface area (Å²) in [5.74, 6) is 0. The summed E-state index contributed by atoms with van der Waals surface area (Å²) in [6, 6.07) is 3.91. The lowest BCUT2D eigenvalue weighted by molar-refractivity contribution is 1.02. The predicted octanol–water partition coefficient (Wildman–Crippen LogP) is 2.31. The average Bonchev–Trinajstić information content (AvgIpc) is 2.12. The molecule has 0 fully saturated rings. The third-order valence-corrected chi connectivity index (χ3v) is 1.29. The number of rotatable bonds is 1. The minimum atomic E-state index is 0.102. The van der Waals surface area contributed by atoms with Crippen molar-refractivity contribution in [3.8, 4) is 0 Å². The monoisotopic (exact) mass is 129 g/mol. The molecule has 0 amide bonds. The van der Waals surface area contributed by atoms with Crippen LogP contribution in [0, 0.1) is 0 Å². The van der Waals surface area contributed by atoms with Crippen molar-refractivity contribution in [1.82, 2.24) is 4.98 Å². The molecule has 0 aliphatic heterocycles. The first-order valence-corrected chi connectivity index (χ1v) is 3.01. The van der Waals surface area contributed by atoms with Gasteiger partial charge in [0.1, 0.15) is 0 Å². The van der Waals surface area contributed by atoms with Gasteiger partial charge in [0.2, 0.25) is 0 Å². The number of hydrogen-bond acceptors (Lipinski definition) is 0. The summed E-state index contributed by atoms with van der Waals surface area (Å²) in [5.41, 5.74) is 1.08. The molecule has 1 atom stereocenters. The van der Waals surface area contributed by atoms with Crippen molar-refractivity contribution in [2.45, 2.75) is 12.3 Å². The summed E-state index contributed by atoms with van der Waals surface area (Å²) in [4.78, 5) is 3.00. The third kappa shape index (κ3) is 1.04. The van der Waals surface area contributed by atoms with Crippen LogP contribution in [0.4, 0.5) is 0 Å². The standard InChI is InChI=1S/C6H8ClN/c1-5(7)6-3-2-4-8-6/h2-5,8H,1H3. The van der Waals surface area contributed by atoms with Gasteiger partial charge in [-0.05, 0) is 19.1 Å². The zero-order valence-electron chi connectivity index (χ0n) is 4.69. The molecule has 1 rings (SSSR count). The van der Waals surface area contributed by atoms with Crippen LogP contribution in [0.15, 0.2) is 18.3 Å². The third-order valence-electron chi connectivity index (χ3n) is 1.05. The molecule has 1 nitrogen and oxygen atoms in total. The first-order valence-electron chi connectivity index (χ1n) is 2.58. The van der Waals surface area contributed by atoms with Gasteiger partial charge in [0.15, 0.2) is 0 Å². The van der Waals surface area contributed by atoms with Crippen LogP contribution < -0.4 is 0 Å². The normalized spacial score (nSPS) is 13.8.